The highest BCUT2D eigenvalue weighted by Gasteiger charge is 2.33. The van der Waals surface area contributed by atoms with Crippen LogP contribution >= 0.6 is 0 Å². The van der Waals surface area contributed by atoms with Crippen molar-refractivity contribution in [3.63, 3.8) is 0 Å². The van der Waals surface area contributed by atoms with E-state index in [4.69, 9.17) is 9.47 Å². The van der Waals surface area contributed by atoms with Crippen molar-refractivity contribution in [2.45, 2.75) is 59.3 Å². The first-order valence-electron chi connectivity index (χ1n) is 10.1. The van der Waals surface area contributed by atoms with Gasteiger partial charge in [0.1, 0.15) is 17.5 Å². The Bertz CT molecular complexity index is 681. The van der Waals surface area contributed by atoms with E-state index >= 15 is 0 Å². The third kappa shape index (κ3) is 5.91. The van der Waals surface area contributed by atoms with Crippen molar-refractivity contribution in [2.75, 3.05) is 19.8 Å². The molecule has 0 radical (unpaired) electrons. The minimum Gasteiger partial charge on any atom is -0.490 e. The van der Waals surface area contributed by atoms with Crippen LogP contribution in [0.2, 0.25) is 0 Å². The van der Waals surface area contributed by atoms with Gasteiger partial charge in [-0.1, -0.05) is 13.0 Å². The Balaban J connectivity index is 2.07. The molecule has 27 heavy (non-hydrogen) atoms. The number of aliphatic imine (C=N–C) groups is 1. The highest BCUT2D eigenvalue weighted by atomic mass is 16.5. The first-order chi connectivity index (χ1) is 13.1. The maximum atomic E-state index is 12.3. The number of hydrogen-bond acceptors (Lipinski definition) is 5. The molecule has 0 spiro atoms. The Morgan fingerprint density at radius 3 is 2.56 bits per heavy atom. The summed E-state index contributed by atoms with van der Waals surface area (Å²) in [6.07, 6.45) is 3.99. The van der Waals surface area contributed by atoms with Crippen molar-refractivity contribution >= 4 is 17.3 Å². The Morgan fingerprint density at radius 1 is 1.11 bits per heavy atom. The molecule has 1 atom stereocenters. The summed E-state index contributed by atoms with van der Waals surface area (Å²) in [5.41, 5.74) is 1.88. The molecule has 1 aliphatic carbocycles. The quantitative estimate of drug-likeness (QED) is 0.576. The number of ether oxygens (including phenoxy) is 2. The van der Waals surface area contributed by atoms with E-state index in [9.17, 15) is 9.59 Å². The molecule has 0 heterocycles. The lowest BCUT2D eigenvalue weighted by atomic mass is 9.82. The summed E-state index contributed by atoms with van der Waals surface area (Å²) in [5, 5.41) is 0. The van der Waals surface area contributed by atoms with Gasteiger partial charge < -0.3 is 9.47 Å². The second-order valence-electron chi connectivity index (χ2n) is 6.74. The van der Waals surface area contributed by atoms with Crippen LogP contribution in [0.4, 0.5) is 0 Å². The van der Waals surface area contributed by atoms with Crippen molar-refractivity contribution < 1.29 is 19.1 Å². The summed E-state index contributed by atoms with van der Waals surface area (Å²) in [7, 11) is 0. The van der Waals surface area contributed by atoms with E-state index < -0.39 is 5.92 Å². The van der Waals surface area contributed by atoms with E-state index in [1.807, 2.05) is 39.0 Å². The van der Waals surface area contributed by atoms with E-state index in [2.05, 4.69) is 4.99 Å². The van der Waals surface area contributed by atoms with Gasteiger partial charge in [-0.2, -0.15) is 0 Å². The number of ketones is 2. The first kappa shape index (κ1) is 21.1. The van der Waals surface area contributed by atoms with Crippen molar-refractivity contribution in [3.8, 4) is 11.5 Å². The average Bonchev–Trinajstić information content (AvgIpc) is 2.64. The fourth-order valence-corrected chi connectivity index (χ4v) is 3.42. The summed E-state index contributed by atoms with van der Waals surface area (Å²) in [6.45, 7) is 7.59. The minimum absolute atomic E-state index is 0.0284. The van der Waals surface area contributed by atoms with Gasteiger partial charge in [0.05, 0.1) is 13.2 Å². The molecule has 148 valence electrons. The van der Waals surface area contributed by atoms with Crippen LogP contribution in [0.3, 0.4) is 0 Å². The second-order valence-corrected chi connectivity index (χ2v) is 6.74. The van der Waals surface area contributed by atoms with Gasteiger partial charge in [-0.3, -0.25) is 14.6 Å². The van der Waals surface area contributed by atoms with Gasteiger partial charge >= 0.3 is 0 Å². The second kappa shape index (κ2) is 10.9. The highest BCUT2D eigenvalue weighted by molar-refractivity contribution is 6.22. The van der Waals surface area contributed by atoms with Crippen LogP contribution in [0, 0.1) is 5.92 Å². The molecule has 0 amide bonds. The predicted octanol–water partition coefficient (Wildman–Crippen LogP) is 4.21. The third-order valence-corrected chi connectivity index (χ3v) is 4.65. The number of nitrogens with zero attached hydrogens (tertiary/aromatic N) is 1. The van der Waals surface area contributed by atoms with Gasteiger partial charge in [-0.05, 0) is 57.2 Å². The standard InChI is InChI=1S/C22H31NO4/c1-4-8-18(24)22-17(9-7-10-19(22)25)23-14-13-16-11-12-20(26-5-2)21(15-16)27-6-3/h11-12,15,22H,4-10,13-14H2,1-3H3/t22-/m1/s1. The molecule has 0 aromatic heterocycles. The maximum absolute atomic E-state index is 12.3. The van der Waals surface area contributed by atoms with Gasteiger partial charge in [-0.25, -0.2) is 0 Å². The zero-order chi connectivity index (χ0) is 19.6. The lowest BCUT2D eigenvalue weighted by Crippen LogP contribution is -2.35. The fourth-order valence-electron chi connectivity index (χ4n) is 3.42. The molecule has 5 heteroatoms. The Morgan fingerprint density at radius 2 is 1.85 bits per heavy atom. The topological polar surface area (TPSA) is 65.0 Å². The minimum atomic E-state index is -0.599. The molecule has 0 saturated heterocycles. The summed E-state index contributed by atoms with van der Waals surface area (Å²) < 4.78 is 11.3. The number of carbonyl (C=O) groups excluding carboxylic acids is 2. The van der Waals surface area contributed by atoms with Crippen molar-refractivity contribution in [1.82, 2.24) is 0 Å². The molecule has 1 fully saturated rings. The maximum Gasteiger partial charge on any atom is 0.161 e. The largest absolute Gasteiger partial charge is 0.490 e. The van der Waals surface area contributed by atoms with Crippen LogP contribution in [0.1, 0.15) is 58.4 Å². The van der Waals surface area contributed by atoms with E-state index in [-0.39, 0.29) is 11.6 Å². The van der Waals surface area contributed by atoms with Crippen molar-refractivity contribution in [1.29, 1.82) is 0 Å². The van der Waals surface area contributed by atoms with E-state index in [1.165, 1.54) is 0 Å². The molecule has 1 aliphatic rings. The normalized spacial score (nSPS) is 18.6. The summed E-state index contributed by atoms with van der Waals surface area (Å²) in [5.74, 6) is 0.961. The lowest BCUT2D eigenvalue weighted by molar-refractivity contribution is -0.130. The molecular weight excluding hydrogens is 342 g/mol. The molecule has 2 rings (SSSR count). The number of carbonyl (C=O) groups is 2. The molecule has 1 aromatic rings. The van der Waals surface area contributed by atoms with Crippen LogP contribution in [-0.4, -0.2) is 37.0 Å². The number of Topliss-reactive ketones (excluding diaryl/α,β-unsaturated/α-hetero) is 2. The smallest absolute Gasteiger partial charge is 0.161 e. The molecule has 5 nitrogen and oxygen atoms in total. The summed E-state index contributed by atoms with van der Waals surface area (Å²) in [6, 6.07) is 5.93. The predicted molar refractivity (Wildman–Crippen MR) is 107 cm³/mol. The van der Waals surface area contributed by atoms with Gasteiger partial charge in [0.2, 0.25) is 0 Å². The lowest BCUT2D eigenvalue weighted by Gasteiger charge is -2.22. The van der Waals surface area contributed by atoms with Crippen LogP contribution in [-0.2, 0) is 16.0 Å². The molecule has 1 aromatic carbocycles. The average molecular weight is 373 g/mol. The fraction of sp³-hybridized carbons (Fsp3) is 0.591. The Labute approximate surface area is 162 Å². The van der Waals surface area contributed by atoms with Gasteiger partial charge in [0, 0.05) is 25.1 Å². The summed E-state index contributed by atoms with van der Waals surface area (Å²) >= 11 is 0. The monoisotopic (exact) mass is 373 g/mol. The molecular formula is C22H31NO4. The first-order valence-corrected chi connectivity index (χ1v) is 10.1. The Kier molecular flexibility index (Phi) is 8.49. The molecule has 0 aliphatic heterocycles. The van der Waals surface area contributed by atoms with E-state index in [1.54, 1.807) is 0 Å². The van der Waals surface area contributed by atoms with Crippen molar-refractivity contribution in [2.24, 2.45) is 10.9 Å². The van der Waals surface area contributed by atoms with Gasteiger partial charge in [0.15, 0.2) is 11.5 Å². The van der Waals surface area contributed by atoms with E-state index in [0.717, 1.165) is 48.5 Å². The van der Waals surface area contributed by atoms with Crippen LogP contribution in [0.5, 0.6) is 11.5 Å². The molecule has 1 saturated carbocycles. The number of benzene rings is 1. The SMILES string of the molecule is CCCC(=O)[C@@H]1C(=O)CCCC1=NCCc1ccc(OCC)c(OCC)c1. The number of hydrogen-bond donors (Lipinski definition) is 0. The third-order valence-electron chi connectivity index (χ3n) is 4.65. The van der Waals surface area contributed by atoms with Gasteiger partial charge in [0.25, 0.3) is 0 Å². The van der Waals surface area contributed by atoms with Crippen LogP contribution in [0.25, 0.3) is 0 Å². The van der Waals surface area contributed by atoms with Crippen LogP contribution in [0.15, 0.2) is 23.2 Å². The molecule has 0 bridgehead atoms. The van der Waals surface area contributed by atoms with Gasteiger partial charge in [-0.15, -0.1) is 0 Å². The number of rotatable bonds is 10. The zero-order valence-electron chi connectivity index (χ0n) is 16.8. The molecule has 0 N–H and O–H groups in total. The zero-order valence-corrected chi connectivity index (χ0v) is 16.8. The van der Waals surface area contributed by atoms with Crippen molar-refractivity contribution in [3.05, 3.63) is 23.8 Å². The van der Waals surface area contributed by atoms with E-state index in [0.29, 0.717) is 32.6 Å². The summed E-state index contributed by atoms with van der Waals surface area (Å²) in [4.78, 5) is 29.2. The van der Waals surface area contributed by atoms with Crippen LogP contribution < -0.4 is 9.47 Å². The Hall–Kier alpha value is -2.17. The molecule has 0 unspecified atom stereocenters. The highest BCUT2D eigenvalue weighted by Crippen LogP contribution is 2.29.